The second-order valence-electron chi connectivity index (χ2n) is 20.0. The van der Waals surface area contributed by atoms with Gasteiger partial charge in [-0.05, 0) is 128 Å². The molecule has 0 aromatic heterocycles. The number of fused-ring (bicyclic) bond motifs is 8. The number of Topliss-reactive ketones (excluding diaryl/α,β-unsaturated/α-hetero) is 2. The predicted octanol–water partition coefficient (Wildman–Crippen LogP) is 15.3. The maximum absolute atomic E-state index is 14.0. The summed E-state index contributed by atoms with van der Waals surface area (Å²) in [5.74, 6) is -0.211. The second-order valence-corrected chi connectivity index (χ2v) is 22.2. The molecular weight excluding hydrogens is 877 g/mol. The van der Waals surface area contributed by atoms with Gasteiger partial charge in [0, 0.05) is 34.7 Å². The number of unbranched alkanes of at least 4 members (excludes halogenated alkanes) is 2. The Kier molecular flexibility index (Phi) is 10.6. The maximum atomic E-state index is 14.0. The van der Waals surface area contributed by atoms with Crippen molar-refractivity contribution in [3.63, 3.8) is 0 Å². The number of anilines is 2. The van der Waals surface area contributed by atoms with Crippen LogP contribution in [0.4, 0.5) is 11.4 Å². The minimum atomic E-state index is -0.345. The van der Waals surface area contributed by atoms with Gasteiger partial charge in [-0.25, -0.2) is 0 Å². The largest absolute Gasteiger partial charge is 0.506 e. The molecule has 0 spiro atoms. The topological polar surface area (TPSA) is 81.1 Å². The van der Waals surface area contributed by atoms with Crippen molar-refractivity contribution in [3.05, 3.63) is 187 Å². The molecule has 0 bridgehead atoms. The van der Waals surface area contributed by atoms with E-state index < -0.39 is 0 Å². The highest BCUT2D eigenvalue weighted by Crippen LogP contribution is 2.57. The first kappa shape index (κ1) is 44.3. The van der Waals surface area contributed by atoms with E-state index in [1.807, 2.05) is 38.4 Å². The van der Waals surface area contributed by atoms with Crippen molar-refractivity contribution in [3.8, 4) is 0 Å². The molecule has 2 aliphatic heterocycles. The van der Waals surface area contributed by atoms with Gasteiger partial charge in [0.25, 0.3) is 0 Å². The number of nitrogens with zero attached hydrogens (tertiary/aromatic N) is 2. The Morgan fingerprint density at radius 2 is 0.971 bits per heavy atom. The summed E-state index contributed by atoms with van der Waals surface area (Å²) >= 11 is 3.14. The van der Waals surface area contributed by atoms with Crippen molar-refractivity contribution in [1.29, 1.82) is 0 Å². The van der Waals surface area contributed by atoms with E-state index >= 15 is 0 Å². The molecule has 0 radical (unpaired) electrons. The molecule has 6 nitrogen and oxygen atoms in total. The lowest BCUT2D eigenvalue weighted by Gasteiger charge is -2.27. The zero-order chi connectivity index (χ0) is 47.6. The Hall–Kier alpha value is -6.22. The van der Waals surface area contributed by atoms with Crippen molar-refractivity contribution in [1.82, 2.24) is 0 Å². The number of benzene rings is 5. The Bertz CT molecular complexity index is 3180. The third kappa shape index (κ3) is 6.54. The summed E-state index contributed by atoms with van der Waals surface area (Å²) in [5.41, 5.74) is 12.5. The average molecular weight is 933 g/mol. The Morgan fingerprint density at radius 1 is 0.559 bits per heavy atom. The summed E-state index contributed by atoms with van der Waals surface area (Å²) in [5, 5.41) is 29.7. The van der Waals surface area contributed by atoms with Crippen LogP contribution >= 0.6 is 23.5 Å². The monoisotopic (exact) mass is 932 g/mol. The molecule has 4 aliphatic carbocycles. The van der Waals surface area contributed by atoms with E-state index in [0.29, 0.717) is 22.3 Å². The molecule has 6 aliphatic rings. The Balaban J connectivity index is 0.847. The second kappa shape index (κ2) is 16.2. The third-order valence-corrected chi connectivity index (χ3v) is 17.6. The van der Waals surface area contributed by atoms with Crippen LogP contribution in [-0.4, -0.2) is 35.9 Å². The number of carbonyl (C=O) groups is 2. The van der Waals surface area contributed by atoms with Crippen molar-refractivity contribution in [2.24, 2.45) is 0 Å². The fraction of sp³-hybridized carbons (Fsp3) is 0.267. The number of ketones is 2. The van der Waals surface area contributed by atoms with Crippen LogP contribution < -0.4 is 9.80 Å². The number of aliphatic hydroxyl groups is 2. The lowest BCUT2D eigenvalue weighted by molar-refractivity contribution is -0.114. The van der Waals surface area contributed by atoms with Crippen LogP contribution in [0.5, 0.6) is 0 Å². The van der Waals surface area contributed by atoms with Gasteiger partial charge < -0.3 is 20.0 Å². The van der Waals surface area contributed by atoms with Gasteiger partial charge in [-0.3, -0.25) is 9.59 Å². The van der Waals surface area contributed by atoms with E-state index in [2.05, 4.69) is 136 Å². The van der Waals surface area contributed by atoms with Crippen molar-refractivity contribution < 1.29 is 19.8 Å². The Morgan fingerprint density at radius 3 is 1.37 bits per heavy atom. The Labute approximate surface area is 407 Å². The van der Waals surface area contributed by atoms with Crippen molar-refractivity contribution in [2.75, 3.05) is 23.9 Å². The molecule has 0 atom stereocenters. The van der Waals surface area contributed by atoms with E-state index in [1.165, 1.54) is 54.9 Å². The summed E-state index contributed by atoms with van der Waals surface area (Å²) in [6, 6.07) is 30.2. The fourth-order valence-electron chi connectivity index (χ4n) is 11.5. The smallest absolute Gasteiger partial charge is 0.200 e. The van der Waals surface area contributed by atoms with E-state index in [9.17, 15) is 19.8 Å². The summed E-state index contributed by atoms with van der Waals surface area (Å²) in [4.78, 5) is 34.2. The average Bonchev–Trinajstić information content (AvgIpc) is 3.96. The van der Waals surface area contributed by atoms with Crippen LogP contribution in [0.3, 0.4) is 0 Å². The van der Waals surface area contributed by atoms with Crippen LogP contribution in [0.1, 0.15) is 102 Å². The van der Waals surface area contributed by atoms with E-state index in [-0.39, 0.29) is 33.9 Å². The van der Waals surface area contributed by atoms with Crippen LogP contribution in [0.15, 0.2) is 174 Å². The van der Waals surface area contributed by atoms with Gasteiger partial charge in [0.15, 0.2) is 0 Å². The molecule has 11 rings (SSSR count). The van der Waals surface area contributed by atoms with Crippen molar-refractivity contribution in [2.45, 2.75) is 101 Å². The molecule has 0 amide bonds. The lowest BCUT2D eigenvalue weighted by Crippen LogP contribution is -2.24. The van der Waals surface area contributed by atoms with Crippen LogP contribution in [0.2, 0.25) is 0 Å². The molecule has 342 valence electrons. The number of rotatable bonds is 10. The normalized spacial score (nSPS) is 21.4. The highest BCUT2D eigenvalue weighted by molar-refractivity contribution is 8.04. The van der Waals surface area contributed by atoms with Crippen LogP contribution in [0.25, 0.3) is 32.7 Å². The summed E-state index contributed by atoms with van der Waals surface area (Å²) in [7, 11) is 3.97. The van der Waals surface area contributed by atoms with E-state index in [0.717, 1.165) is 80.9 Å². The number of hydrogen-bond acceptors (Lipinski definition) is 8. The summed E-state index contributed by atoms with van der Waals surface area (Å²) in [6.07, 6.45) is 13.6. The molecule has 5 aromatic carbocycles. The standard InChI is InChI=1S/C60H56N2O4S2/c1-9-11-19-37-39-25-23-33-17-13-15-21-35(33)53(39)59(3,4)45(37)27-41-55(63)43(56(41)64)29-51-61(7)47-31-48-50(32-49(47)67-51)68-52(62(48)8)30-44-57(65)42(58(44)66)28-46-38(20-12-10-2)40-26-24-34-18-14-16-22-36(34)54(40)60(46,5)6/h13-18,21-32,63,65H,9-12,19-20H2,1-8H3. The molecule has 0 unspecified atom stereocenters. The minimum absolute atomic E-state index is 0.0411. The molecular formula is C60H56N2O4S2. The number of thioether (sulfide) groups is 2. The molecule has 0 saturated heterocycles. The van der Waals surface area contributed by atoms with Crippen molar-refractivity contribution >= 4 is 79.2 Å². The zero-order valence-corrected chi connectivity index (χ0v) is 41.7. The fourth-order valence-corrected chi connectivity index (χ4v) is 13.8. The zero-order valence-electron chi connectivity index (χ0n) is 40.1. The lowest BCUT2D eigenvalue weighted by atomic mass is 9.76. The molecule has 8 heteroatoms. The van der Waals surface area contributed by atoms with E-state index in [1.54, 1.807) is 23.5 Å². The quantitative estimate of drug-likeness (QED) is 0.134. The van der Waals surface area contributed by atoms with Gasteiger partial charge in [0.05, 0.1) is 43.7 Å². The van der Waals surface area contributed by atoms with Gasteiger partial charge in [-0.2, -0.15) is 0 Å². The highest BCUT2D eigenvalue weighted by Gasteiger charge is 2.43. The molecule has 2 N–H and O–H groups in total. The van der Waals surface area contributed by atoms with Crippen LogP contribution in [-0.2, 0) is 20.4 Å². The SMILES string of the molecule is CCCCC1=C(C=C2C(=O)C(C=C3Sc4cc5c(cc4N3C)N(C)C(=CC3=C(O)C(=CC4=C(CCCC)c6ccc7ccccc7c6C4(C)C)C3=O)S5)=C2O)C(C)(C)c2c1ccc1ccccc21. The maximum Gasteiger partial charge on any atom is 0.200 e. The molecule has 68 heavy (non-hydrogen) atoms. The number of allylic oxidation sites excluding steroid dienone is 12. The predicted molar refractivity (Wildman–Crippen MR) is 283 cm³/mol. The summed E-state index contributed by atoms with van der Waals surface area (Å²) < 4.78 is 0. The number of aliphatic hydroxyl groups excluding tert-OH is 2. The van der Waals surface area contributed by atoms with Gasteiger partial charge in [0.2, 0.25) is 11.6 Å². The van der Waals surface area contributed by atoms with Gasteiger partial charge in [-0.1, -0.05) is 151 Å². The van der Waals surface area contributed by atoms with Gasteiger partial charge in [-0.15, -0.1) is 0 Å². The van der Waals surface area contributed by atoms with E-state index in [4.69, 9.17) is 0 Å². The molecule has 0 saturated carbocycles. The highest BCUT2D eigenvalue weighted by atomic mass is 32.2. The number of hydrogen-bond donors (Lipinski definition) is 2. The molecule has 0 fully saturated rings. The number of carbonyl (C=O) groups excluding carboxylic acids is 2. The van der Waals surface area contributed by atoms with Gasteiger partial charge >= 0.3 is 0 Å². The first-order chi connectivity index (χ1) is 32.6. The molecule has 5 aromatic rings. The molecule has 2 heterocycles. The van der Waals surface area contributed by atoms with Gasteiger partial charge in [0.1, 0.15) is 11.5 Å². The van der Waals surface area contributed by atoms with Crippen LogP contribution in [0, 0.1) is 0 Å². The summed E-state index contributed by atoms with van der Waals surface area (Å²) in [6.45, 7) is 13.4. The first-order valence-corrected chi connectivity index (χ1v) is 25.7. The first-order valence-electron chi connectivity index (χ1n) is 24.0. The third-order valence-electron chi connectivity index (χ3n) is 15.3. The minimum Gasteiger partial charge on any atom is -0.506 e.